The van der Waals surface area contributed by atoms with E-state index in [2.05, 4.69) is 17.6 Å². The number of nitrogens with one attached hydrogen (secondary N) is 2. The van der Waals surface area contributed by atoms with Crippen molar-refractivity contribution in [1.29, 1.82) is 0 Å². The monoisotopic (exact) mass is 561 g/mol. The summed E-state index contributed by atoms with van der Waals surface area (Å²) < 4.78 is 5.30. The average Bonchev–Trinajstić information content (AvgIpc) is 2.91. The van der Waals surface area contributed by atoms with E-state index in [4.69, 9.17) is 4.74 Å². The van der Waals surface area contributed by atoms with Gasteiger partial charge in [-0.1, -0.05) is 69.0 Å². The fraction of sp³-hybridized carbons (Fsp3) is 0.424. The first-order valence-electron chi connectivity index (χ1n) is 14.3. The van der Waals surface area contributed by atoms with Crippen LogP contribution in [0.3, 0.4) is 0 Å². The second-order valence-electron chi connectivity index (χ2n) is 11.4. The number of phenolic OH excluding ortho intramolecular Hbond substituents is 1. The van der Waals surface area contributed by atoms with E-state index in [-0.39, 0.29) is 18.2 Å². The number of fused-ring (bicyclic) bond motifs is 1. The number of aromatic hydroxyl groups is 1. The van der Waals surface area contributed by atoms with Crippen molar-refractivity contribution in [3.63, 3.8) is 0 Å². The number of carbonyl (C=O) groups is 3. The van der Waals surface area contributed by atoms with Gasteiger partial charge in [-0.05, 0) is 80.3 Å². The minimum absolute atomic E-state index is 0.103. The molecule has 220 valence electrons. The molecule has 0 bridgehead atoms. The topological polar surface area (TPSA) is 108 Å². The van der Waals surface area contributed by atoms with E-state index in [1.54, 1.807) is 39.8 Å². The lowest BCUT2D eigenvalue weighted by atomic mass is 10.00. The second kappa shape index (κ2) is 14.5. The lowest BCUT2D eigenvalue weighted by molar-refractivity contribution is -0.138. The van der Waals surface area contributed by atoms with Gasteiger partial charge in [0.25, 0.3) is 5.91 Å². The van der Waals surface area contributed by atoms with E-state index in [1.165, 1.54) is 11.0 Å². The molecule has 1 atom stereocenters. The number of aryl methyl sites for hydroxylation is 1. The molecule has 3 aromatic rings. The normalized spacial score (nSPS) is 12.0. The van der Waals surface area contributed by atoms with Crippen LogP contribution in [-0.4, -0.2) is 46.6 Å². The van der Waals surface area contributed by atoms with Crippen molar-refractivity contribution in [1.82, 2.24) is 10.2 Å². The Morgan fingerprint density at radius 2 is 1.63 bits per heavy atom. The predicted molar refractivity (Wildman–Crippen MR) is 163 cm³/mol. The van der Waals surface area contributed by atoms with Crippen LogP contribution in [0.25, 0.3) is 10.8 Å². The highest BCUT2D eigenvalue weighted by Gasteiger charge is 2.32. The largest absolute Gasteiger partial charge is 0.508 e. The zero-order valence-corrected chi connectivity index (χ0v) is 24.8. The Labute approximate surface area is 243 Å². The SMILES string of the molecule is CCCCCCCN(C(=O)CNC(=O)OC(C)(C)C)C(C(=O)Nc1ccc2ccccc2c1)c1ccc(O)c(C)c1. The smallest absolute Gasteiger partial charge is 0.408 e. The Hall–Kier alpha value is -4.07. The van der Waals surface area contributed by atoms with Crippen molar-refractivity contribution < 1.29 is 24.2 Å². The van der Waals surface area contributed by atoms with Gasteiger partial charge >= 0.3 is 6.09 Å². The van der Waals surface area contributed by atoms with E-state index in [0.29, 0.717) is 29.8 Å². The van der Waals surface area contributed by atoms with E-state index in [1.807, 2.05) is 42.5 Å². The van der Waals surface area contributed by atoms with Crippen LogP contribution in [0.1, 0.15) is 77.0 Å². The van der Waals surface area contributed by atoms with Crippen molar-refractivity contribution >= 4 is 34.4 Å². The standard InChI is InChI=1S/C33H43N3O5/c1-6-7-8-9-12-19-36(29(38)22-34-32(40)41-33(3,4)5)30(26-16-18-28(37)23(2)20-26)31(39)35-27-17-15-24-13-10-11-14-25(24)21-27/h10-11,13-18,20-21,30,37H,6-9,12,19,22H2,1-5H3,(H,34,40)(H,35,39). The van der Waals surface area contributed by atoms with Crippen LogP contribution in [0.5, 0.6) is 5.75 Å². The molecule has 0 saturated carbocycles. The molecular weight excluding hydrogens is 518 g/mol. The summed E-state index contributed by atoms with van der Waals surface area (Å²) in [7, 11) is 0. The molecule has 0 saturated heterocycles. The maximum Gasteiger partial charge on any atom is 0.408 e. The minimum Gasteiger partial charge on any atom is -0.508 e. The van der Waals surface area contributed by atoms with Crippen molar-refractivity contribution in [2.24, 2.45) is 0 Å². The number of hydrogen-bond donors (Lipinski definition) is 3. The summed E-state index contributed by atoms with van der Waals surface area (Å²) in [5, 5.41) is 17.7. The van der Waals surface area contributed by atoms with Crippen LogP contribution in [0.4, 0.5) is 10.5 Å². The number of ether oxygens (including phenoxy) is 1. The van der Waals surface area contributed by atoms with Gasteiger partial charge < -0.3 is 25.4 Å². The molecular formula is C33H43N3O5. The zero-order valence-electron chi connectivity index (χ0n) is 24.8. The second-order valence-corrected chi connectivity index (χ2v) is 11.4. The minimum atomic E-state index is -0.986. The lowest BCUT2D eigenvalue weighted by Gasteiger charge is -2.32. The van der Waals surface area contributed by atoms with Gasteiger partial charge in [0.1, 0.15) is 23.9 Å². The number of amides is 3. The number of rotatable bonds is 12. The molecule has 0 heterocycles. The summed E-state index contributed by atoms with van der Waals surface area (Å²) >= 11 is 0. The summed E-state index contributed by atoms with van der Waals surface area (Å²) in [6.07, 6.45) is 4.12. The van der Waals surface area contributed by atoms with E-state index in [9.17, 15) is 19.5 Å². The van der Waals surface area contributed by atoms with Gasteiger partial charge in [-0.3, -0.25) is 9.59 Å². The summed E-state index contributed by atoms with van der Waals surface area (Å²) in [5.74, 6) is -0.688. The van der Waals surface area contributed by atoms with E-state index >= 15 is 0 Å². The van der Waals surface area contributed by atoms with Crippen molar-refractivity contribution in [3.05, 3.63) is 71.8 Å². The molecule has 3 amide bonds. The molecule has 41 heavy (non-hydrogen) atoms. The van der Waals surface area contributed by atoms with Crippen LogP contribution < -0.4 is 10.6 Å². The Bertz CT molecular complexity index is 1350. The molecule has 8 heteroatoms. The molecule has 0 aliphatic carbocycles. The molecule has 3 N–H and O–H groups in total. The third kappa shape index (κ3) is 9.52. The van der Waals surface area contributed by atoms with Gasteiger partial charge in [-0.25, -0.2) is 4.79 Å². The molecule has 3 rings (SSSR count). The number of carbonyl (C=O) groups excluding carboxylic acids is 3. The molecule has 1 unspecified atom stereocenters. The molecule has 0 aromatic heterocycles. The van der Waals surface area contributed by atoms with Gasteiger partial charge in [-0.2, -0.15) is 0 Å². The lowest BCUT2D eigenvalue weighted by Crippen LogP contribution is -2.47. The van der Waals surface area contributed by atoms with Crippen LogP contribution in [0.2, 0.25) is 0 Å². The first kappa shape index (κ1) is 31.5. The number of alkyl carbamates (subject to hydrolysis) is 1. The van der Waals surface area contributed by atoms with Crippen LogP contribution >= 0.6 is 0 Å². The van der Waals surface area contributed by atoms with Gasteiger partial charge in [0.15, 0.2) is 0 Å². The molecule has 0 aliphatic heterocycles. The van der Waals surface area contributed by atoms with Crippen LogP contribution in [0.15, 0.2) is 60.7 Å². The third-order valence-corrected chi connectivity index (χ3v) is 6.72. The Morgan fingerprint density at radius 3 is 2.32 bits per heavy atom. The summed E-state index contributed by atoms with van der Waals surface area (Å²) in [5.41, 5.74) is 1.06. The van der Waals surface area contributed by atoms with Crippen LogP contribution in [0, 0.1) is 6.92 Å². The predicted octanol–water partition coefficient (Wildman–Crippen LogP) is 6.86. The van der Waals surface area contributed by atoms with Crippen LogP contribution in [-0.2, 0) is 14.3 Å². The quantitative estimate of drug-likeness (QED) is 0.210. The number of benzene rings is 3. The zero-order chi connectivity index (χ0) is 30.0. The molecule has 0 fully saturated rings. The van der Waals surface area contributed by atoms with Crippen molar-refractivity contribution in [2.75, 3.05) is 18.4 Å². The van der Waals surface area contributed by atoms with Gasteiger partial charge in [0.2, 0.25) is 5.91 Å². The van der Waals surface area contributed by atoms with Gasteiger partial charge in [-0.15, -0.1) is 0 Å². The number of phenols is 1. The molecule has 8 nitrogen and oxygen atoms in total. The van der Waals surface area contributed by atoms with E-state index < -0.39 is 23.6 Å². The summed E-state index contributed by atoms with van der Waals surface area (Å²) in [6, 6.07) is 17.5. The Kier molecular flexibility index (Phi) is 11.1. The Morgan fingerprint density at radius 1 is 0.927 bits per heavy atom. The highest BCUT2D eigenvalue weighted by molar-refractivity contribution is 6.00. The first-order chi connectivity index (χ1) is 19.5. The number of anilines is 1. The fourth-order valence-electron chi connectivity index (χ4n) is 4.65. The Balaban J connectivity index is 1.93. The van der Waals surface area contributed by atoms with Crippen molar-refractivity contribution in [2.45, 2.75) is 78.4 Å². The fourth-order valence-corrected chi connectivity index (χ4v) is 4.65. The third-order valence-electron chi connectivity index (χ3n) is 6.72. The maximum atomic E-state index is 14.0. The number of nitrogens with zero attached hydrogens (tertiary/aromatic N) is 1. The highest BCUT2D eigenvalue weighted by atomic mass is 16.6. The van der Waals surface area contributed by atoms with E-state index in [0.717, 1.165) is 36.5 Å². The summed E-state index contributed by atoms with van der Waals surface area (Å²) in [4.78, 5) is 41.5. The summed E-state index contributed by atoms with van der Waals surface area (Å²) in [6.45, 7) is 9.14. The molecule has 3 aromatic carbocycles. The maximum absolute atomic E-state index is 14.0. The van der Waals surface area contributed by atoms with Crippen molar-refractivity contribution in [3.8, 4) is 5.75 Å². The highest BCUT2D eigenvalue weighted by Crippen LogP contribution is 2.29. The number of hydrogen-bond acceptors (Lipinski definition) is 5. The first-order valence-corrected chi connectivity index (χ1v) is 14.3. The number of unbranched alkanes of at least 4 members (excludes halogenated alkanes) is 4. The molecule has 0 aliphatic rings. The molecule has 0 spiro atoms. The molecule has 0 radical (unpaired) electrons. The van der Waals surface area contributed by atoms with Gasteiger partial charge in [0, 0.05) is 12.2 Å². The van der Waals surface area contributed by atoms with Gasteiger partial charge in [0.05, 0.1) is 0 Å². The average molecular weight is 562 g/mol.